The molecule has 2 aromatic rings. The number of carbonyl (C=O) groups excluding carboxylic acids is 1. The third-order valence-corrected chi connectivity index (χ3v) is 4.74. The Balaban J connectivity index is 1.92. The predicted molar refractivity (Wildman–Crippen MR) is 101 cm³/mol. The van der Waals surface area contributed by atoms with E-state index in [-0.39, 0.29) is 28.5 Å². The van der Waals surface area contributed by atoms with Crippen LogP contribution in [0.3, 0.4) is 0 Å². The first-order chi connectivity index (χ1) is 12.9. The number of nitrogens with one attached hydrogen (secondary N) is 2. The number of rotatable bonds is 5. The molecule has 0 aliphatic carbocycles. The molecule has 1 amide bonds. The number of pyridine rings is 1. The third-order valence-electron chi connectivity index (χ3n) is 4.74. The third kappa shape index (κ3) is 4.09. The quantitative estimate of drug-likeness (QED) is 0.738. The second-order valence-electron chi connectivity index (χ2n) is 6.82. The smallest absolute Gasteiger partial charge is 0.329 e. The summed E-state index contributed by atoms with van der Waals surface area (Å²) in [6, 6.07) is 1.52. The Morgan fingerprint density at radius 1 is 1.37 bits per heavy atom. The van der Waals surface area contributed by atoms with Crippen LogP contribution >= 0.6 is 0 Å². The number of hydrogen-bond donors (Lipinski definition) is 2. The number of carbonyl (C=O) groups is 1. The summed E-state index contributed by atoms with van der Waals surface area (Å²) >= 11 is 0. The molecule has 9 heteroatoms. The molecule has 1 atom stereocenters. The van der Waals surface area contributed by atoms with Crippen molar-refractivity contribution in [1.82, 2.24) is 24.8 Å². The summed E-state index contributed by atoms with van der Waals surface area (Å²) in [7, 11) is 1.52. The average molecular weight is 375 g/mol. The molecule has 0 saturated carbocycles. The Bertz CT molecular complexity index is 959. The number of nitrogens with zero attached hydrogens (tertiary/aromatic N) is 3. The Kier molecular flexibility index (Phi) is 5.71. The fourth-order valence-corrected chi connectivity index (χ4v) is 3.27. The summed E-state index contributed by atoms with van der Waals surface area (Å²) in [5, 5.41) is 3.09. The molecule has 0 aromatic carbocycles. The number of ether oxygens (including phenoxy) is 1. The topological polar surface area (TPSA) is 109 Å². The van der Waals surface area contributed by atoms with Gasteiger partial charge in [-0.1, -0.05) is 6.92 Å². The molecular formula is C18H25N5O4. The number of H-pyrrole nitrogens is 1. The number of hydrogen-bond acceptors (Lipinski definition) is 6. The second kappa shape index (κ2) is 8.01. The van der Waals surface area contributed by atoms with Crippen molar-refractivity contribution in [1.29, 1.82) is 0 Å². The monoisotopic (exact) mass is 375 g/mol. The van der Waals surface area contributed by atoms with Crippen LogP contribution in [0.25, 0.3) is 11.0 Å². The van der Waals surface area contributed by atoms with E-state index in [2.05, 4.69) is 20.2 Å². The molecule has 146 valence electrons. The van der Waals surface area contributed by atoms with Crippen molar-refractivity contribution in [2.75, 3.05) is 32.8 Å². The van der Waals surface area contributed by atoms with Crippen molar-refractivity contribution >= 4 is 16.9 Å². The number of fused-ring (bicyclic) bond motifs is 1. The maximum absolute atomic E-state index is 12.9. The van der Waals surface area contributed by atoms with E-state index in [1.165, 1.54) is 11.6 Å². The summed E-state index contributed by atoms with van der Waals surface area (Å²) in [6.07, 6.45) is 0.584. The highest BCUT2D eigenvalue weighted by Gasteiger charge is 2.21. The van der Waals surface area contributed by atoms with Crippen molar-refractivity contribution in [2.45, 2.75) is 26.3 Å². The fourth-order valence-electron chi connectivity index (χ4n) is 3.27. The average Bonchev–Trinajstić information content (AvgIpc) is 2.65. The molecule has 1 aliphatic heterocycles. The molecule has 3 rings (SSSR count). The second-order valence-corrected chi connectivity index (χ2v) is 6.82. The van der Waals surface area contributed by atoms with Gasteiger partial charge >= 0.3 is 5.69 Å². The van der Waals surface area contributed by atoms with Crippen LogP contribution < -0.4 is 16.6 Å². The zero-order chi connectivity index (χ0) is 19.6. The lowest BCUT2D eigenvalue weighted by atomic mass is 10.1. The Hall–Kier alpha value is -2.52. The van der Waals surface area contributed by atoms with E-state index in [1.54, 1.807) is 6.07 Å². The normalized spacial score (nSPS) is 16.4. The molecule has 2 aromatic heterocycles. The summed E-state index contributed by atoms with van der Waals surface area (Å²) in [4.78, 5) is 46.0. The lowest BCUT2D eigenvalue weighted by molar-refractivity contribution is 0.0342. The summed E-state index contributed by atoms with van der Waals surface area (Å²) in [5.41, 5.74) is -0.0553. The minimum Gasteiger partial charge on any atom is -0.379 e. The van der Waals surface area contributed by atoms with E-state index >= 15 is 0 Å². The van der Waals surface area contributed by atoms with Gasteiger partial charge in [-0.25, -0.2) is 9.78 Å². The van der Waals surface area contributed by atoms with Gasteiger partial charge in [0.15, 0.2) is 0 Å². The van der Waals surface area contributed by atoms with Gasteiger partial charge in [-0.3, -0.25) is 24.0 Å². The van der Waals surface area contributed by atoms with Gasteiger partial charge in [0.05, 0.1) is 24.2 Å². The summed E-state index contributed by atoms with van der Waals surface area (Å²) in [5.74, 6) is -0.345. The van der Waals surface area contributed by atoms with Crippen molar-refractivity contribution in [3.8, 4) is 0 Å². The summed E-state index contributed by atoms with van der Waals surface area (Å²) in [6.45, 7) is 7.59. The number of aryl methyl sites for hydroxylation is 2. The molecule has 27 heavy (non-hydrogen) atoms. The molecule has 1 fully saturated rings. The number of aromatic amines is 1. The first kappa shape index (κ1) is 19.2. The van der Waals surface area contributed by atoms with Gasteiger partial charge in [0.2, 0.25) is 0 Å². The first-order valence-corrected chi connectivity index (χ1v) is 9.14. The van der Waals surface area contributed by atoms with E-state index in [4.69, 9.17) is 4.74 Å². The molecule has 3 heterocycles. The Morgan fingerprint density at radius 2 is 2.07 bits per heavy atom. The molecule has 2 N–H and O–H groups in total. The van der Waals surface area contributed by atoms with Crippen LogP contribution in [0.2, 0.25) is 0 Å². The van der Waals surface area contributed by atoms with Crippen LogP contribution in [0.15, 0.2) is 15.7 Å². The zero-order valence-corrected chi connectivity index (χ0v) is 15.9. The van der Waals surface area contributed by atoms with Crippen molar-refractivity contribution in [3.05, 3.63) is 38.2 Å². The molecule has 1 saturated heterocycles. The van der Waals surface area contributed by atoms with Crippen molar-refractivity contribution in [3.63, 3.8) is 0 Å². The van der Waals surface area contributed by atoms with E-state index in [1.807, 2.05) is 13.8 Å². The van der Waals surface area contributed by atoms with Crippen LogP contribution in [0.1, 0.15) is 29.9 Å². The lowest BCUT2D eigenvalue weighted by Gasteiger charge is -2.29. The number of morpholine rings is 1. The molecule has 0 radical (unpaired) electrons. The van der Waals surface area contributed by atoms with E-state index in [0.717, 1.165) is 13.1 Å². The molecule has 1 aliphatic rings. The minimum absolute atomic E-state index is 0.101. The van der Waals surface area contributed by atoms with E-state index in [0.29, 0.717) is 31.9 Å². The molecule has 0 unspecified atom stereocenters. The van der Waals surface area contributed by atoms with Gasteiger partial charge < -0.3 is 10.1 Å². The van der Waals surface area contributed by atoms with Crippen LogP contribution in [-0.2, 0) is 18.2 Å². The zero-order valence-electron chi connectivity index (χ0n) is 15.9. The van der Waals surface area contributed by atoms with Gasteiger partial charge in [-0.2, -0.15) is 0 Å². The highest BCUT2D eigenvalue weighted by atomic mass is 16.5. The first-order valence-electron chi connectivity index (χ1n) is 9.14. The number of aromatic nitrogens is 3. The predicted octanol–water partition coefficient (Wildman–Crippen LogP) is -0.365. The molecule has 0 bridgehead atoms. The summed E-state index contributed by atoms with van der Waals surface area (Å²) < 4.78 is 6.59. The van der Waals surface area contributed by atoms with Gasteiger partial charge in [-0.05, 0) is 19.4 Å². The Morgan fingerprint density at radius 3 is 2.74 bits per heavy atom. The van der Waals surface area contributed by atoms with Gasteiger partial charge in [0, 0.05) is 38.4 Å². The van der Waals surface area contributed by atoms with Crippen LogP contribution in [0.5, 0.6) is 0 Å². The maximum atomic E-state index is 12.9. The maximum Gasteiger partial charge on any atom is 0.329 e. The highest BCUT2D eigenvalue weighted by molar-refractivity contribution is 6.05. The van der Waals surface area contributed by atoms with Crippen LogP contribution in [0, 0.1) is 0 Å². The van der Waals surface area contributed by atoms with Crippen LogP contribution in [0.4, 0.5) is 0 Å². The standard InChI is InChI=1S/C18H25N5O4/c1-4-12-9-13(14-15(20-12)22(3)18(26)21-17(14)25)16(24)19-11(2)10-23-5-7-27-8-6-23/h9,11H,4-8,10H2,1-3H3,(H,19,24)(H,21,25,26)/t11-/m0/s1. The van der Waals surface area contributed by atoms with Gasteiger partial charge in [0.25, 0.3) is 11.5 Å². The largest absolute Gasteiger partial charge is 0.379 e. The molecular weight excluding hydrogens is 350 g/mol. The SMILES string of the molecule is CCc1cc(C(=O)N[C@@H](C)CN2CCOCC2)c2c(=O)[nH]c(=O)n(C)c2n1. The van der Waals surface area contributed by atoms with E-state index in [9.17, 15) is 14.4 Å². The van der Waals surface area contributed by atoms with Gasteiger partial charge in [-0.15, -0.1) is 0 Å². The minimum atomic E-state index is -0.603. The lowest BCUT2D eigenvalue weighted by Crippen LogP contribution is -2.46. The van der Waals surface area contributed by atoms with Crippen LogP contribution in [-0.4, -0.2) is 64.2 Å². The van der Waals surface area contributed by atoms with Gasteiger partial charge in [0.1, 0.15) is 5.65 Å². The fraction of sp³-hybridized carbons (Fsp3) is 0.556. The number of amides is 1. The van der Waals surface area contributed by atoms with Crippen molar-refractivity contribution < 1.29 is 9.53 Å². The Labute approximate surface area is 156 Å². The van der Waals surface area contributed by atoms with Crippen molar-refractivity contribution in [2.24, 2.45) is 7.05 Å². The molecule has 0 spiro atoms. The van der Waals surface area contributed by atoms with E-state index < -0.39 is 11.2 Å². The molecule has 9 nitrogen and oxygen atoms in total. The highest BCUT2D eigenvalue weighted by Crippen LogP contribution is 2.14.